The lowest BCUT2D eigenvalue weighted by molar-refractivity contribution is 0.844. The normalized spacial score (nSPS) is 12.5. The van der Waals surface area contributed by atoms with E-state index >= 15 is 0 Å². The summed E-state index contributed by atoms with van der Waals surface area (Å²) in [5, 5.41) is 7.27. The third-order valence-corrected chi connectivity index (χ3v) is 4.10. The fraction of sp³-hybridized carbons (Fsp3) is 0.250. The Balaban J connectivity index is 2.18. The Morgan fingerprint density at radius 1 is 1.47 bits per heavy atom. The topological polar surface area (TPSA) is 24.9 Å². The first-order valence-corrected chi connectivity index (χ1v) is 7.25. The zero-order chi connectivity index (χ0) is 12.4. The number of anilines is 1. The van der Waals surface area contributed by atoms with Crippen molar-refractivity contribution in [2.24, 2.45) is 0 Å². The molecule has 1 aromatic heterocycles. The predicted octanol–water partition coefficient (Wildman–Crippen LogP) is 5.04. The van der Waals surface area contributed by atoms with Gasteiger partial charge in [0.15, 0.2) is 0 Å². The minimum Gasteiger partial charge on any atom is -0.376 e. The first-order valence-electron chi connectivity index (χ1n) is 5.20. The van der Waals surface area contributed by atoms with Gasteiger partial charge < -0.3 is 5.32 Å². The third kappa shape index (κ3) is 3.21. The Labute approximate surface area is 118 Å². The van der Waals surface area contributed by atoms with E-state index in [9.17, 15) is 0 Å². The van der Waals surface area contributed by atoms with Crippen LogP contribution < -0.4 is 5.32 Å². The average molecular weight is 332 g/mol. The Morgan fingerprint density at radius 3 is 2.88 bits per heavy atom. The Kier molecular flexibility index (Phi) is 4.07. The summed E-state index contributed by atoms with van der Waals surface area (Å²) in [6.45, 7) is 4.10. The van der Waals surface area contributed by atoms with E-state index in [0.717, 1.165) is 25.9 Å². The number of rotatable bonds is 3. The van der Waals surface area contributed by atoms with E-state index in [1.807, 2.05) is 25.1 Å². The van der Waals surface area contributed by atoms with Crippen LogP contribution in [0.15, 0.2) is 28.1 Å². The Morgan fingerprint density at radius 2 is 2.24 bits per heavy atom. The molecular weight excluding hydrogens is 320 g/mol. The van der Waals surface area contributed by atoms with Gasteiger partial charge in [-0.15, -0.1) is 11.3 Å². The number of hydrogen-bond acceptors (Lipinski definition) is 3. The quantitative estimate of drug-likeness (QED) is 0.852. The maximum absolute atomic E-state index is 5.98. The molecule has 0 bridgehead atoms. The van der Waals surface area contributed by atoms with Gasteiger partial charge in [-0.3, -0.25) is 0 Å². The molecule has 2 rings (SSSR count). The Hall–Kier alpha value is -0.580. The summed E-state index contributed by atoms with van der Waals surface area (Å²) >= 11 is 11.1. The molecule has 0 amide bonds. The van der Waals surface area contributed by atoms with Gasteiger partial charge in [0.05, 0.1) is 22.4 Å². The zero-order valence-corrected chi connectivity index (χ0v) is 12.7. The van der Waals surface area contributed by atoms with Crippen LogP contribution in [0.1, 0.15) is 23.7 Å². The van der Waals surface area contributed by atoms with Crippen LogP contribution in [-0.4, -0.2) is 4.98 Å². The van der Waals surface area contributed by atoms with Crippen LogP contribution >= 0.6 is 38.9 Å². The number of aromatic nitrogens is 1. The number of nitrogens with one attached hydrogen (secondary N) is 1. The fourth-order valence-corrected chi connectivity index (χ4v) is 2.73. The molecule has 0 saturated carbocycles. The summed E-state index contributed by atoms with van der Waals surface area (Å²) < 4.78 is 1.00. The van der Waals surface area contributed by atoms with Crippen LogP contribution in [0, 0.1) is 6.92 Å². The Bertz CT molecular complexity index is 527. The van der Waals surface area contributed by atoms with Gasteiger partial charge in [-0.05, 0) is 48.0 Å². The van der Waals surface area contributed by atoms with E-state index in [-0.39, 0.29) is 6.04 Å². The number of benzene rings is 1. The van der Waals surface area contributed by atoms with Gasteiger partial charge in [-0.2, -0.15) is 0 Å². The van der Waals surface area contributed by atoms with Gasteiger partial charge in [-0.25, -0.2) is 4.98 Å². The lowest BCUT2D eigenvalue weighted by Crippen LogP contribution is -2.07. The molecule has 17 heavy (non-hydrogen) atoms. The van der Waals surface area contributed by atoms with Crippen molar-refractivity contribution in [2.45, 2.75) is 19.9 Å². The zero-order valence-electron chi connectivity index (χ0n) is 9.50. The number of halogens is 2. The molecule has 2 nitrogen and oxygen atoms in total. The van der Waals surface area contributed by atoms with Gasteiger partial charge >= 0.3 is 0 Å². The number of aryl methyl sites for hydroxylation is 1. The maximum atomic E-state index is 5.98. The van der Waals surface area contributed by atoms with E-state index in [1.54, 1.807) is 11.3 Å². The van der Waals surface area contributed by atoms with E-state index in [1.165, 1.54) is 0 Å². The van der Waals surface area contributed by atoms with Gasteiger partial charge in [0.1, 0.15) is 0 Å². The number of nitrogens with zero attached hydrogens (tertiary/aromatic N) is 1. The second-order valence-corrected chi connectivity index (χ2v) is 6.13. The molecule has 0 aliphatic heterocycles. The van der Waals surface area contributed by atoms with Crippen LogP contribution in [0.5, 0.6) is 0 Å². The first-order chi connectivity index (χ1) is 8.06. The molecule has 0 fully saturated rings. The monoisotopic (exact) mass is 330 g/mol. The fourth-order valence-electron chi connectivity index (χ4n) is 1.49. The molecule has 2 aromatic rings. The van der Waals surface area contributed by atoms with Gasteiger partial charge in [0.25, 0.3) is 0 Å². The summed E-state index contributed by atoms with van der Waals surface area (Å²) in [5.41, 5.74) is 2.04. The minimum atomic E-state index is 0.162. The van der Waals surface area contributed by atoms with Gasteiger partial charge in [-0.1, -0.05) is 11.6 Å². The van der Waals surface area contributed by atoms with E-state index in [2.05, 4.69) is 38.5 Å². The molecule has 1 heterocycles. The second-order valence-electron chi connectivity index (χ2n) is 3.78. The van der Waals surface area contributed by atoms with Gasteiger partial charge in [0.2, 0.25) is 0 Å². The van der Waals surface area contributed by atoms with Crippen molar-refractivity contribution >= 4 is 44.6 Å². The number of thiazole rings is 1. The molecule has 0 aliphatic carbocycles. The molecule has 90 valence electrons. The molecule has 5 heteroatoms. The standard InChI is InChI=1S/C12H12BrClN2S/c1-7(12-6-17-8(2)16-12)15-11-5-9(14)3-4-10(11)13/h3-7,15H,1-2H3. The predicted molar refractivity (Wildman–Crippen MR) is 78.0 cm³/mol. The second kappa shape index (κ2) is 5.38. The maximum Gasteiger partial charge on any atom is 0.0898 e. The van der Waals surface area contributed by atoms with Crippen molar-refractivity contribution in [3.63, 3.8) is 0 Å². The van der Waals surface area contributed by atoms with Crippen molar-refractivity contribution < 1.29 is 0 Å². The van der Waals surface area contributed by atoms with Crippen molar-refractivity contribution in [1.82, 2.24) is 4.98 Å². The average Bonchev–Trinajstić information content (AvgIpc) is 2.70. The highest BCUT2D eigenvalue weighted by atomic mass is 79.9. The molecule has 0 saturated heterocycles. The van der Waals surface area contributed by atoms with E-state index in [4.69, 9.17) is 11.6 Å². The van der Waals surface area contributed by atoms with Crippen LogP contribution in [0.4, 0.5) is 5.69 Å². The molecule has 1 aromatic carbocycles. The lowest BCUT2D eigenvalue weighted by atomic mass is 10.2. The minimum absolute atomic E-state index is 0.162. The van der Waals surface area contributed by atoms with Crippen LogP contribution in [0.3, 0.4) is 0 Å². The van der Waals surface area contributed by atoms with Crippen molar-refractivity contribution in [2.75, 3.05) is 5.32 Å². The summed E-state index contributed by atoms with van der Waals surface area (Å²) in [6, 6.07) is 5.86. The number of hydrogen-bond donors (Lipinski definition) is 1. The van der Waals surface area contributed by atoms with Crippen LogP contribution in [0.2, 0.25) is 5.02 Å². The van der Waals surface area contributed by atoms with Crippen molar-refractivity contribution in [3.05, 3.63) is 43.8 Å². The molecule has 1 unspecified atom stereocenters. The van der Waals surface area contributed by atoms with Crippen molar-refractivity contribution in [1.29, 1.82) is 0 Å². The first kappa shape index (κ1) is 12.9. The summed E-state index contributed by atoms with van der Waals surface area (Å²) in [6.07, 6.45) is 0. The van der Waals surface area contributed by atoms with Gasteiger partial charge in [0, 0.05) is 14.9 Å². The highest BCUT2D eigenvalue weighted by Crippen LogP contribution is 2.29. The van der Waals surface area contributed by atoms with Crippen LogP contribution in [0.25, 0.3) is 0 Å². The van der Waals surface area contributed by atoms with Crippen molar-refractivity contribution in [3.8, 4) is 0 Å². The highest BCUT2D eigenvalue weighted by molar-refractivity contribution is 9.10. The smallest absolute Gasteiger partial charge is 0.0898 e. The van der Waals surface area contributed by atoms with E-state index < -0.39 is 0 Å². The summed E-state index contributed by atoms with van der Waals surface area (Å²) in [4.78, 5) is 4.47. The lowest BCUT2D eigenvalue weighted by Gasteiger charge is -2.14. The molecule has 1 N–H and O–H groups in total. The third-order valence-electron chi connectivity index (χ3n) is 2.38. The SMILES string of the molecule is Cc1nc(C(C)Nc2cc(Cl)ccc2Br)cs1. The van der Waals surface area contributed by atoms with E-state index in [0.29, 0.717) is 0 Å². The molecule has 0 radical (unpaired) electrons. The summed E-state index contributed by atoms with van der Waals surface area (Å²) in [5.74, 6) is 0. The molecule has 0 spiro atoms. The highest BCUT2D eigenvalue weighted by Gasteiger charge is 2.10. The van der Waals surface area contributed by atoms with Crippen LogP contribution in [-0.2, 0) is 0 Å². The molecule has 1 atom stereocenters. The largest absolute Gasteiger partial charge is 0.376 e. The summed E-state index contributed by atoms with van der Waals surface area (Å²) in [7, 11) is 0. The molecule has 0 aliphatic rings. The molecular formula is C12H12BrClN2S.